The summed E-state index contributed by atoms with van der Waals surface area (Å²) in [4.78, 5) is 24.4. The minimum Gasteiger partial charge on any atom is -0.481 e. The van der Waals surface area contributed by atoms with Crippen molar-refractivity contribution in [3.63, 3.8) is 0 Å². The molecule has 0 aromatic carbocycles. The van der Waals surface area contributed by atoms with Gasteiger partial charge in [-0.05, 0) is 31.2 Å². The molecule has 0 aliphatic carbocycles. The van der Waals surface area contributed by atoms with Gasteiger partial charge in [0.1, 0.15) is 0 Å². The third-order valence-electron chi connectivity index (χ3n) is 3.74. The van der Waals surface area contributed by atoms with Crippen LogP contribution in [0.4, 0.5) is 4.79 Å². The van der Waals surface area contributed by atoms with E-state index in [-0.39, 0.29) is 18.4 Å². The lowest BCUT2D eigenvalue weighted by molar-refractivity contribution is -0.138. The standard InChI is InChI=1S/C14H22N4O3/c1-11-9-16-18(10-11)7-4-15-14(21)17-5-2-12(3-6-17)8-13(19)20/h9-10,12H,2-8H2,1H3,(H,15,21)(H,19,20). The zero-order valence-electron chi connectivity index (χ0n) is 12.3. The van der Waals surface area contributed by atoms with Crippen molar-refractivity contribution >= 4 is 12.0 Å². The first-order valence-corrected chi connectivity index (χ1v) is 7.28. The number of carbonyl (C=O) groups excluding carboxylic acids is 1. The van der Waals surface area contributed by atoms with Gasteiger partial charge >= 0.3 is 12.0 Å². The summed E-state index contributed by atoms with van der Waals surface area (Å²) in [7, 11) is 0. The molecular formula is C14H22N4O3. The van der Waals surface area contributed by atoms with Crippen molar-refractivity contribution in [3.8, 4) is 0 Å². The number of amides is 2. The minimum atomic E-state index is -0.757. The third kappa shape index (κ3) is 4.77. The van der Waals surface area contributed by atoms with Crippen LogP contribution < -0.4 is 5.32 Å². The van der Waals surface area contributed by atoms with Crippen molar-refractivity contribution in [1.29, 1.82) is 0 Å². The van der Waals surface area contributed by atoms with Crippen molar-refractivity contribution in [2.45, 2.75) is 32.7 Å². The summed E-state index contributed by atoms with van der Waals surface area (Å²) in [6, 6.07) is -0.0762. The number of aromatic nitrogens is 2. The van der Waals surface area contributed by atoms with Crippen LogP contribution in [0.2, 0.25) is 0 Å². The van der Waals surface area contributed by atoms with Gasteiger partial charge in [-0.15, -0.1) is 0 Å². The summed E-state index contributed by atoms with van der Waals surface area (Å²) in [5.41, 5.74) is 1.10. The van der Waals surface area contributed by atoms with E-state index in [2.05, 4.69) is 10.4 Å². The van der Waals surface area contributed by atoms with Crippen LogP contribution >= 0.6 is 0 Å². The summed E-state index contributed by atoms with van der Waals surface area (Å²) >= 11 is 0. The van der Waals surface area contributed by atoms with Crippen molar-refractivity contribution in [3.05, 3.63) is 18.0 Å². The maximum Gasteiger partial charge on any atom is 0.317 e. The van der Waals surface area contributed by atoms with Gasteiger partial charge in [-0.25, -0.2) is 4.79 Å². The molecule has 2 N–H and O–H groups in total. The van der Waals surface area contributed by atoms with Gasteiger partial charge in [-0.2, -0.15) is 5.10 Å². The number of aliphatic carboxylic acids is 1. The molecule has 2 amide bonds. The van der Waals surface area contributed by atoms with Crippen LogP contribution in [0, 0.1) is 12.8 Å². The average molecular weight is 294 g/mol. The molecule has 1 aromatic heterocycles. The van der Waals surface area contributed by atoms with Gasteiger partial charge in [-0.3, -0.25) is 9.48 Å². The van der Waals surface area contributed by atoms with Crippen LogP contribution in [0.3, 0.4) is 0 Å². The Balaban J connectivity index is 1.66. The molecule has 1 aromatic rings. The van der Waals surface area contributed by atoms with Crippen molar-refractivity contribution < 1.29 is 14.7 Å². The van der Waals surface area contributed by atoms with E-state index < -0.39 is 5.97 Å². The predicted octanol–water partition coefficient (Wildman–Crippen LogP) is 1.09. The Labute approximate surface area is 123 Å². The third-order valence-corrected chi connectivity index (χ3v) is 3.74. The van der Waals surface area contributed by atoms with Gasteiger partial charge in [0, 0.05) is 32.3 Å². The van der Waals surface area contributed by atoms with Gasteiger partial charge in [0.2, 0.25) is 0 Å². The zero-order valence-corrected chi connectivity index (χ0v) is 12.3. The fourth-order valence-corrected chi connectivity index (χ4v) is 2.57. The number of likely N-dealkylation sites (tertiary alicyclic amines) is 1. The number of carboxylic acids is 1. The molecule has 1 aliphatic heterocycles. The SMILES string of the molecule is Cc1cnn(CCNC(=O)N2CCC(CC(=O)O)CC2)c1. The lowest BCUT2D eigenvalue weighted by atomic mass is 9.94. The van der Waals surface area contributed by atoms with Gasteiger partial charge in [0.15, 0.2) is 0 Å². The largest absolute Gasteiger partial charge is 0.481 e. The van der Waals surface area contributed by atoms with Crippen LogP contribution in [0.5, 0.6) is 0 Å². The first-order chi connectivity index (χ1) is 10.0. The molecule has 0 radical (unpaired) electrons. The fraction of sp³-hybridized carbons (Fsp3) is 0.643. The molecule has 7 nitrogen and oxygen atoms in total. The summed E-state index contributed by atoms with van der Waals surface area (Å²) in [6.07, 6.45) is 5.45. The molecule has 2 rings (SSSR count). The minimum absolute atomic E-state index is 0.0762. The van der Waals surface area contributed by atoms with E-state index in [1.165, 1.54) is 0 Å². The number of hydrogen-bond acceptors (Lipinski definition) is 3. The number of carboxylic acid groups (broad SMARTS) is 1. The number of rotatable bonds is 5. The predicted molar refractivity (Wildman–Crippen MR) is 76.9 cm³/mol. The molecule has 1 aliphatic rings. The number of aryl methyl sites for hydroxylation is 1. The van der Waals surface area contributed by atoms with Crippen LogP contribution in [-0.4, -0.2) is 51.4 Å². The molecule has 2 heterocycles. The van der Waals surface area contributed by atoms with E-state index in [9.17, 15) is 9.59 Å². The second-order valence-electron chi connectivity index (χ2n) is 5.54. The Hall–Kier alpha value is -2.05. The summed E-state index contributed by atoms with van der Waals surface area (Å²) in [5.74, 6) is -0.564. The molecular weight excluding hydrogens is 272 g/mol. The van der Waals surface area contributed by atoms with Crippen molar-refractivity contribution in [2.75, 3.05) is 19.6 Å². The summed E-state index contributed by atoms with van der Waals surface area (Å²) in [5, 5.41) is 15.8. The van der Waals surface area contributed by atoms with Crippen LogP contribution in [-0.2, 0) is 11.3 Å². The lowest BCUT2D eigenvalue weighted by Crippen LogP contribution is -2.45. The molecule has 0 spiro atoms. The van der Waals surface area contributed by atoms with E-state index >= 15 is 0 Å². The van der Waals surface area contributed by atoms with Gasteiger partial charge in [0.05, 0.1) is 12.7 Å². The average Bonchev–Trinajstić information content (AvgIpc) is 2.84. The Morgan fingerprint density at radius 2 is 2.14 bits per heavy atom. The number of nitrogens with zero attached hydrogens (tertiary/aromatic N) is 3. The van der Waals surface area contributed by atoms with Gasteiger partial charge in [0.25, 0.3) is 0 Å². The molecule has 7 heteroatoms. The van der Waals surface area contributed by atoms with E-state index in [4.69, 9.17) is 5.11 Å². The van der Waals surface area contributed by atoms with Gasteiger partial charge in [-0.1, -0.05) is 0 Å². The van der Waals surface area contributed by atoms with Crippen LogP contribution in [0.15, 0.2) is 12.4 Å². The number of carbonyl (C=O) groups is 2. The molecule has 116 valence electrons. The molecule has 1 saturated heterocycles. The number of urea groups is 1. The molecule has 0 unspecified atom stereocenters. The number of hydrogen-bond donors (Lipinski definition) is 2. The second-order valence-corrected chi connectivity index (χ2v) is 5.54. The number of nitrogens with one attached hydrogen (secondary N) is 1. The highest BCUT2D eigenvalue weighted by Crippen LogP contribution is 2.20. The first kappa shape index (κ1) is 15.3. The van der Waals surface area contributed by atoms with E-state index in [1.54, 1.807) is 15.8 Å². The smallest absolute Gasteiger partial charge is 0.317 e. The maximum atomic E-state index is 12.0. The van der Waals surface area contributed by atoms with Crippen LogP contribution in [0.25, 0.3) is 0 Å². The molecule has 0 bridgehead atoms. The van der Waals surface area contributed by atoms with E-state index in [1.807, 2.05) is 13.1 Å². The topological polar surface area (TPSA) is 87.5 Å². The quantitative estimate of drug-likeness (QED) is 0.851. The molecule has 0 atom stereocenters. The molecule has 21 heavy (non-hydrogen) atoms. The Bertz CT molecular complexity index is 492. The van der Waals surface area contributed by atoms with Gasteiger partial charge < -0.3 is 15.3 Å². The highest BCUT2D eigenvalue weighted by Gasteiger charge is 2.23. The monoisotopic (exact) mass is 294 g/mol. The number of piperidine rings is 1. The second kappa shape index (κ2) is 7.10. The summed E-state index contributed by atoms with van der Waals surface area (Å²) in [6.45, 7) is 4.42. The van der Waals surface area contributed by atoms with E-state index in [0.29, 0.717) is 26.2 Å². The Kier molecular flexibility index (Phi) is 5.19. The van der Waals surface area contributed by atoms with Crippen molar-refractivity contribution in [1.82, 2.24) is 20.0 Å². The van der Waals surface area contributed by atoms with Crippen LogP contribution in [0.1, 0.15) is 24.8 Å². The Morgan fingerprint density at radius 1 is 1.43 bits per heavy atom. The first-order valence-electron chi connectivity index (χ1n) is 7.28. The normalized spacial score (nSPS) is 16.0. The van der Waals surface area contributed by atoms with Crippen molar-refractivity contribution in [2.24, 2.45) is 5.92 Å². The Morgan fingerprint density at radius 3 is 2.71 bits per heavy atom. The molecule has 0 saturated carbocycles. The highest BCUT2D eigenvalue weighted by atomic mass is 16.4. The summed E-state index contributed by atoms with van der Waals surface area (Å²) < 4.78 is 1.80. The highest BCUT2D eigenvalue weighted by molar-refractivity contribution is 5.74. The maximum absolute atomic E-state index is 12.0. The van der Waals surface area contributed by atoms with E-state index in [0.717, 1.165) is 18.4 Å². The zero-order chi connectivity index (χ0) is 15.2. The molecule has 1 fully saturated rings. The lowest BCUT2D eigenvalue weighted by Gasteiger charge is -2.31. The fourth-order valence-electron chi connectivity index (χ4n) is 2.57.